The second-order valence-electron chi connectivity index (χ2n) is 5.58. The van der Waals surface area contributed by atoms with E-state index in [-0.39, 0.29) is 18.1 Å². The monoisotopic (exact) mass is 366 g/mol. The Balaban J connectivity index is 1.53. The van der Waals surface area contributed by atoms with Gasteiger partial charge in [0.25, 0.3) is 0 Å². The lowest BCUT2D eigenvalue weighted by Crippen LogP contribution is -2.16. The number of para-hydroxylation sites is 1. The lowest BCUT2D eigenvalue weighted by molar-refractivity contribution is -0.139. The maximum absolute atomic E-state index is 12.2. The molecule has 4 nitrogen and oxygen atoms in total. The largest absolute Gasteiger partial charge is 0.496 e. The van der Waals surface area contributed by atoms with Crippen molar-refractivity contribution in [3.63, 3.8) is 0 Å². The summed E-state index contributed by atoms with van der Waals surface area (Å²) in [4.78, 5) is 25.1. The number of carbonyl (C=O) groups excluding carboxylic acids is 2. The van der Waals surface area contributed by atoms with Crippen molar-refractivity contribution in [2.45, 2.75) is 4.90 Å². The number of fused-ring (bicyclic) bond motifs is 1. The number of ketones is 1. The van der Waals surface area contributed by atoms with E-state index in [1.165, 1.54) is 18.9 Å². The van der Waals surface area contributed by atoms with Gasteiger partial charge in [0, 0.05) is 4.90 Å². The molecule has 0 saturated carbocycles. The molecule has 5 heteroatoms. The van der Waals surface area contributed by atoms with Crippen molar-refractivity contribution >= 4 is 34.3 Å². The molecule has 0 bridgehead atoms. The number of Topliss-reactive ketones (excluding diaryl/α,β-unsaturated/α-hetero) is 1. The molecular weight excluding hydrogens is 348 g/mol. The first-order valence-electron chi connectivity index (χ1n) is 8.11. The molecule has 0 saturated heterocycles. The van der Waals surface area contributed by atoms with Crippen LogP contribution in [0.2, 0.25) is 0 Å². The van der Waals surface area contributed by atoms with Gasteiger partial charge in [-0.25, -0.2) is 0 Å². The molecule has 0 aliphatic carbocycles. The zero-order valence-corrected chi connectivity index (χ0v) is 15.1. The van der Waals surface area contributed by atoms with Crippen molar-refractivity contribution in [2.24, 2.45) is 0 Å². The minimum absolute atomic E-state index is 0.150. The van der Waals surface area contributed by atoms with Crippen LogP contribution >= 0.6 is 11.8 Å². The van der Waals surface area contributed by atoms with Gasteiger partial charge in [-0.05, 0) is 35.0 Å². The van der Waals surface area contributed by atoms with Crippen LogP contribution in [0, 0.1) is 0 Å². The molecule has 0 heterocycles. The molecule has 132 valence electrons. The van der Waals surface area contributed by atoms with E-state index in [1.807, 2.05) is 42.5 Å². The molecule has 3 aromatic rings. The van der Waals surface area contributed by atoms with Crippen LogP contribution in [0.4, 0.5) is 0 Å². The van der Waals surface area contributed by atoms with Crippen LogP contribution in [0.3, 0.4) is 0 Å². The fourth-order valence-corrected chi connectivity index (χ4v) is 3.28. The number of esters is 1. The van der Waals surface area contributed by atoms with Crippen molar-refractivity contribution in [1.82, 2.24) is 0 Å². The van der Waals surface area contributed by atoms with E-state index in [9.17, 15) is 9.59 Å². The molecule has 0 unspecified atom stereocenters. The fraction of sp³-hybridized carbons (Fsp3) is 0.143. The lowest BCUT2D eigenvalue weighted by Gasteiger charge is -2.08. The molecular formula is C21H18O4S. The summed E-state index contributed by atoms with van der Waals surface area (Å²) in [5.41, 5.74) is 0.407. The van der Waals surface area contributed by atoms with Gasteiger partial charge >= 0.3 is 5.97 Å². The topological polar surface area (TPSA) is 52.6 Å². The smallest absolute Gasteiger partial charge is 0.316 e. The minimum atomic E-state index is -0.425. The second-order valence-corrected chi connectivity index (χ2v) is 6.63. The van der Waals surface area contributed by atoms with Gasteiger partial charge in [0.2, 0.25) is 5.78 Å². The summed E-state index contributed by atoms with van der Waals surface area (Å²) in [6.07, 6.45) is 0. The number of hydrogen-bond acceptors (Lipinski definition) is 5. The number of carbonyl (C=O) groups is 2. The van der Waals surface area contributed by atoms with Crippen LogP contribution < -0.4 is 4.74 Å². The summed E-state index contributed by atoms with van der Waals surface area (Å²) in [5.74, 6) is -0.0885. The van der Waals surface area contributed by atoms with E-state index >= 15 is 0 Å². The highest BCUT2D eigenvalue weighted by molar-refractivity contribution is 8.00. The first-order chi connectivity index (χ1) is 12.7. The van der Waals surface area contributed by atoms with Crippen molar-refractivity contribution < 1.29 is 19.1 Å². The van der Waals surface area contributed by atoms with Gasteiger partial charge in [-0.15, -0.1) is 11.8 Å². The Hall–Kier alpha value is -2.79. The molecule has 0 radical (unpaired) electrons. The Morgan fingerprint density at radius 2 is 1.65 bits per heavy atom. The Bertz CT molecular complexity index is 936. The summed E-state index contributed by atoms with van der Waals surface area (Å²) in [6.45, 7) is -0.294. The second kappa shape index (κ2) is 8.54. The first-order valence-corrected chi connectivity index (χ1v) is 9.09. The lowest BCUT2D eigenvalue weighted by atomic mass is 10.1. The van der Waals surface area contributed by atoms with E-state index < -0.39 is 5.97 Å². The van der Waals surface area contributed by atoms with Crippen LogP contribution in [0.15, 0.2) is 71.6 Å². The molecule has 0 spiro atoms. The predicted octanol–water partition coefficient (Wildman–Crippen LogP) is 4.37. The average Bonchev–Trinajstić information content (AvgIpc) is 2.70. The summed E-state index contributed by atoms with van der Waals surface area (Å²) < 4.78 is 10.3. The zero-order chi connectivity index (χ0) is 18.4. The third kappa shape index (κ3) is 4.43. The maximum atomic E-state index is 12.2. The first kappa shape index (κ1) is 18.0. The van der Waals surface area contributed by atoms with Gasteiger partial charge in [-0.1, -0.05) is 42.5 Å². The van der Waals surface area contributed by atoms with E-state index in [0.29, 0.717) is 11.3 Å². The quantitative estimate of drug-likeness (QED) is 0.353. The molecule has 0 atom stereocenters. The summed E-state index contributed by atoms with van der Waals surface area (Å²) in [5, 5.41) is 2.28. The van der Waals surface area contributed by atoms with Gasteiger partial charge in [0.15, 0.2) is 6.61 Å². The average molecular weight is 366 g/mol. The van der Waals surface area contributed by atoms with Crippen molar-refractivity contribution in [1.29, 1.82) is 0 Å². The van der Waals surface area contributed by atoms with E-state index in [2.05, 4.69) is 0 Å². The number of rotatable bonds is 7. The number of thioether (sulfide) groups is 1. The number of methoxy groups -OCH3 is 1. The van der Waals surface area contributed by atoms with Crippen LogP contribution in [-0.4, -0.2) is 31.2 Å². The fourth-order valence-electron chi connectivity index (χ4n) is 2.54. The van der Waals surface area contributed by atoms with Gasteiger partial charge in [0.05, 0.1) is 18.4 Å². The molecule has 0 aliphatic heterocycles. The van der Waals surface area contributed by atoms with E-state index in [4.69, 9.17) is 9.47 Å². The molecule has 26 heavy (non-hydrogen) atoms. The van der Waals surface area contributed by atoms with E-state index in [1.54, 1.807) is 24.3 Å². The van der Waals surface area contributed by atoms with E-state index in [0.717, 1.165) is 15.7 Å². The summed E-state index contributed by atoms with van der Waals surface area (Å²) in [7, 11) is 1.50. The highest BCUT2D eigenvalue weighted by Gasteiger charge is 2.14. The number of hydrogen-bond donors (Lipinski definition) is 0. The van der Waals surface area contributed by atoms with Gasteiger partial charge in [0.1, 0.15) is 5.75 Å². The molecule has 0 N–H and O–H groups in total. The Kier molecular flexibility index (Phi) is 5.92. The Morgan fingerprint density at radius 3 is 2.46 bits per heavy atom. The SMILES string of the molecule is COc1ccccc1C(=O)COC(=O)CSc1ccc2ccccc2c1. The zero-order valence-electron chi connectivity index (χ0n) is 14.3. The molecule has 0 fully saturated rings. The third-order valence-corrected chi connectivity index (χ3v) is 4.82. The van der Waals surface area contributed by atoms with Crippen LogP contribution in [0.25, 0.3) is 10.8 Å². The van der Waals surface area contributed by atoms with Crippen LogP contribution in [0.1, 0.15) is 10.4 Å². The van der Waals surface area contributed by atoms with Crippen molar-refractivity contribution in [3.05, 3.63) is 72.3 Å². The van der Waals surface area contributed by atoms with Gasteiger partial charge < -0.3 is 9.47 Å². The van der Waals surface area contributed by atoms with Gasteiger partial charge in [-0.3, -0.25) is 9.59 Å². The van der Waals surface area contributed by atoms with Crippen LogP contribution in [0.5, 0.6) is 5.75 Å². The normalized spacial score (nSPS) is 10.5. The minimum Gasteiger partial charge on any atom is -0.496 e. The predicted molar refractivity (Wildman–Crippen MR) is 103 cm³/mol. The molecule has 0 amide bonds. The Morgan fingerprint density at radius 1 is 0.923 bits per heavy atom. The maximum Gasteiger partial charge on any atom is 0.316 e. The Labute approximate surface area is 156 Å². The molecule has 0 aliphatic rings. The number of benzene rings is 3. The standard InChI is InChI=1S/C21H18O4S/c1-24-20-9-5-4-8-18(20)19(22)13-25-21(23)14-26-17-11-10-15-6-2-3-7-16(15)12-17/h2-12H,13-14H2,1H3. The summed E-state index contributed by atoms with van der Waals surface area (Å²) in [6, 6.07) is 20.9. The number of ether oxygens (including phenoxy) is 2. The highest BCUT2D eigenvalue weighted by Crippen LogP contribution is 2.24. The molecule has 0 aromatic heterocycles. The highest BCUT2D eigenvalue weighted by atomic mass is 32.2. The third-order valence-electron chi connectivity index (χ3n) is 3.85. The van der Waals surface area contributed by atoms with Gasteiger partial charge in [-0.2, -0.15) is 0 Å². The molecule has 3 rings (SSSR count). The van der Waals surface area contributed by atoms with Crippen LogP contribution in [-0.2, 0) is 9.53 Å². The molecule has 3 aromatic carbocycles. The summed E-state index contributed by atoms with van der Waals surface area (Å²) >= 11 is 1.39. The van der Waals surface area contributed by atoms with Crippen molar-refractivity contribution in [2.75, 3.05) is 19.5 Å². The van der Waals surface area contributed by atoms with Crippen molar-refractivity contribution in [3.8, 4) is 5.75 Å².